The van der Waals surface area contributed by atoms with Crippen molar-refractivity contribution in [2.24, 2.45) is 5.73 Å². The highest BCUT2D eigenvalue weighted by Crippen LogP contribution is 1.95. The topological polar surface area (TPSA) is 38.0 Å². The Hall–Kier alpha value is -0.0800. The van der Waals surface area contributed by atoms with Gasteiger partial charge in [0.15, 0.2) is 0 Å². The normalized spacial score (nSPS) is 10.3. The molecule has 0 saturated carbocycles. The lowest BCUT2D eigenvalue weighted by Crippen LogP contribution is -2.29. The lowest BCUT2D eigenvalue weighted by molar-refractivity contribution is 0.518. The molecule has 0 atom stereocenters. The molecule has 0 aromatic carbocycles. The summed E-state index contributed by atoms with van der Waals surface area (Å²) in [6.45, 7) is 11.7. The zero-order chi connectivity index (χ0) is 11.4. The molecule has 0 spiro atoms. The lowest BCUT2D eigenvalue weighted by Gasteiger charge is -2.10. The van der Waals surface area contributed by atoms with E-state index in [1.54, 1.807) is 0 Å². The minimum absolute atomic E-state index is 0.625. The second-order valence-corrected chi connectivity index (χ2v) is 4.33. The van der Waals surface area contributed by atoms with E-state index in [0.717, 1.165) is 6.54 Å². The summed E-state index contributed by atoms with van der Waals surface area (Å²) in [5.74, 6) is 0. The van der Waals surface area contributed by atoms with Crippen LogP contribution in [-0.2, 0) is 0 Å². The predicted molar refractivity (Wildman–Crippen MR) is 66.6 cm³/mol. The van der Waals surface area contributed by atoms with Crippen LogP contribution in [0.2, 0.25) is 0 Å². The van der Waals surface area contributed by atoms with Crippen molar-refractivity contribution in [2.45, 2.75) is 72.4 Å². The van der Waals surface area contributed by atoms with Gasteiger partial charge in [-0.15, -0.1) is 0 Å². The second kappa shape index (κ2) is 12.9. The summed E-state index contributed by atoms with van der Waals surface area (Å²) in [5, 5.41) is 3.31. The molecule has 0 fully saturated rings. The van der Waals surface area contributed by atoms with Crippen LogP contribution in [0, 0.1) is 0 Å². The molecule has 0 amide bonds. The van der Waals surface area contributed by atoms with Crippen LogP contribution in [0.3, 0.4) is 0 Å². The van der Waals surface area contributed by atoms with Crippen LogP contribution >= 0.6 is 0 Å². The summed E-state index contributed by atoms with van der Waals surface area (Å²) in [6, 6.07) is 1.25. The van der Waals surface area contributed by atoms with E-state index in [4.69, 9.17) is 5.73 Å². The Morgan fingerprint density at radius 3 is 1.64 bits per heavy atom. The van der Waals surface area contributed by atoms with Gasteiger partial charge in [-0.3, -0.25) is 0 Å². The van der Waals surface area contributed by atoms with Gasteiger partial charge < -0.3 is 11.1 Å². The molecular weight excluding hydrogens is 172 g/mol. The summed E-state index contributed by atoms with van der Waals surface area (Å²) < 4.78 is 0. The SMILES string of the molecule is CC(C)NC(C)C.CCCCCCN. The van der Waals surface area contributed by atoms with Crippen LogP contribution in [0.15, 0.2) is 0 Å². The molecule has 88 valence electrons. The Morgan fingerprint density at radius 1 is 0.929 bits per heavy atom. The van der Waals surface area contributed by atoms with E-state index < -0.39 is 0 Å². The fourth-order valence-electron chi connectivity index (χ4n) is 1.24. The Morgan fingerprint density at radius 2 is 1.43 bits per heavy atom. The summed E-state index contributed by atoms with van der Waals surface area (Å²) in [7, 11) is 0. The first-order valence-electron chi connectivity index (χ1n) is 6.00. The monoisotopic (exact) mass is 202 g/mol. The molecule has 0 bridgehead atoms. The minimum atomic E-state index is 0.625. The minimum Gasteiger partial charge on any atom is -0.330 e. The number of unbranched alkanes of at least 4 members (excludes halogenated alkanes) is 3. The van der Waals surface area contributed by atoms with Crippen LogP contribution < -0.4 is 11.1 Å². The number of hydrogen-bond acceptors (Lipinski definition) is 2. The van der Waals surface area contributed by atoms with Gasteiger partial charge in [0.2, 0.25) is 0 Å². The Kier molecular flexibility index (Phi) is 15.1. The zero-order valence-electron chi connectivity index (χ0n) is 10.8. The fourth-order valence-corrected chi connectivity index (χ4v) is 1.24. The van der Waals surface area contributed by atoms with Gasteiger partial charge in [-0.2, -0.15) is 0 Å². The zero-order valence-corrected chi connectivity index (χ0v) is 10.8. The van der Waals surface area contributed by atoms with Gasteiger partial charge in [-0.25, -0.2) is 0 Å². The van der Waals surface area contributed by atoms with Gasteiger partial charge >= 0.3 is 0 Å². The smallest absolute Gasteiger partial charge is 0.00127 e. The third-order valence-corrected chi connectivity index (χ3v) is 1.72. The molecule has 0 aromatic heterocycles. The number of rotatable bonds is 6. The van der Waals surface area contributed by atoms with Gasteiger partial charge in [0.05, 0.1) is 0 Å². The second-order valence-electron chi connectivity index (χ2n) is 4.33. The van der Waals surface area contributed by atoms with E-state index in [1.165, 1.54) is 25.7 Å². The molecule has 2 nitrogen and oxygen atoms in total. The van der Waals surface area contributed by atoms with Crippen molar-refractivity contribution in [1.82, 2.24) is 5.32 Å². The highest BCUT2D eigenvalue weighted by Gasteiger charge is 1.92. The molecule has 0 aliphatic rings. The maximum Gasteiger partial charge on any atom is 0.00127 e. The van der Waals surface area contributed by atoms with Crippen molar-refractivity contribution in [3.05, 3.63) is 0 Å². The third kappa shape index (κ3) is 22.7. The van der Waals surface area contributed by atoms with E-state index in [0.29, 0.717) is 12.1 Å². The highest BCUT2D eigenvalue weighted by molar-refractivity contribution is 4.55. The maximum absolute atomic E-state index is 5.27. The van der Waals surface area contributed by atoms with Crippen molar-refractivity contribution in [3.63, 3.8) is 0 Å². The summed E-state index contributed by atoms with van der Waals surface area (Å²) in [4.78, 5) is 0. The number of nitrogens with two attached hydrogens (primary N) is 1. The van der Waals surface area contributed by atoms with Crippen LogP contribution in [0.5, 0.6) is 0 Å². The molecule has 0 aromatic rings. The van der Waals surface area contributed by atoms with E-state index in [9.17, 15) is 0 Å². The molecular formula is C12H30N2. The van der Waals surface area contributed by atoms with Gasteiger partial charge in [-0.1, -0.05) is 53.9 Å². The van der Waals surface area contributed by atoms with Crippen LogP contribution in [0.4, 0.5) is 0 Å². The molecule has 0 unspecified atom stereocenters. The number of nitrogens with one attached hydrogen (secondary N) is 1. The van der Waals surface area contributed by atoms with E-state index in [-0.39, 0.29) is 0 Å². The molecule has 0 heterocycles. The Bertz CT molecular complexity index is 80.3. The first-order valence-corrected chi connectivity index (χ1v) is 6.00. The predicted octanol–water partition coefficient (Wildman–Crippen LogP) is 2.92. The van der Waals surface area contributed by atoms with Crippen molar-refractivity contribution < 1.29 is 0 Å². The summed E-state index contributed by atoms with van der Waals surface area (Å²) in [6.07, 6.45) is 5.16. The number of hydrogen-bond donors (Lipinski definition) is 2. The van der Waals surface area contributed by atoms with Crippen LogP contribution in [-0.4, -0.2) is 18.6 Å². The van der Waals surface area contributed by atoms with E-state index in [2.05, 4.69) is 39.9 Å². The van der Waals surface area contributed by atoms with Gasteiger partial charge in [0.1, 0.15) is 0 Å². The maximum atomic E-state index is 5.27. The lowest BCUT2D eigenvalue weighted by atomic mass is 10.2. The standard InChI is InChI=1S/2C6H15N/c1-5(2)7-6(3)4;1-2-3-4-5-6-7/h5-7H,1-4H3;2-7H2,1H3. The molecule has 2 heteroatoms. The van der Waals surface area contributed by atoms with Crippen molar-refractivity contribution in [2.75, 3.05) is 6.54 Å². The van der Waals surface area contributed by atoms with Crippen LogP contribution in [0.1, 0.15) is 60.3 Å². The van der Waals surface area contributed by atoms with Gasteiger partial charge in [-0.05, 0) is 13.0 Å². The Labute approximate surface area is 90.6 Å². The average Bonchev–Trinajstić information content (AvgIpc) is 2.04. The molecule has 0 saturated heterocycles. The third-order valence-electron chi connectivity index (χ3n) is 1.72. The molecule has 0 aliphatic carbocycles. The van der Waals surface area contributed by atoms with Crippen molar-refractivity contribution >= 4 is 0 Å². The molecule has 14 heavy (non-hydrogen) atoms. The highest BCUT2D eigenvalue weighted by atomic mass is 14.9. The van der Waals surface area contributed by atoms with Crippen molar-refractivity contribution in [3.8, 4) is 0 Å². The quantitative estimate of drug-likeness (QED) is 0.650. The van der Waals surface area contributed by atoms with Crippen LogP contribution in [0.25, 0.3) is 0 Å². The van der Waals surface area contributed by atoms with Gasteiger partial charge in [0.25, 0.3) is 0 Å². The first kappa shape index (κ1) is 16.4. The largest absolute Gasteiger partial charge is 0.330 e. The van der Waals surface area contributed by atoms with Gasteiger partial charge in [0, 0.05) is 12.1 Å². The van der Waals surface area contributed by atoms with E-state index >= 15 is 0 Å². The molecule has 0 radical (unpaired) electrons. The molecule has 0 rings (SSSR count). The fraction of sp³-hybridized carbons (Fsp3) is 1.00. The van der Waals surface area contributed by atoms with Crippen molar-refractivity contribution in [1.29, 1.82) is 0 Å². The average molecular weight is 202 g/mol. The Balaban J connectivity index is 0. The first-order chi connectivity index (χ1) is 6.54. The summed E-state index contributed by atoms with van der Waals surface area (Å²) in [5.41, 5.74) is 5.27. The van der Waals surface area contributed by atoms with E-state index in [1.807, 2.05) is 0 Å². The summed E-state index contributed by atoms with van der Waals surface area (Å²) >= 11 is 0. The molecule has 3 N–H and O–H groups in total. The molecule has 0 aliphatic heterocycles.